The van der Waals surface area contributed by atoms with Crippen molar-refractivity contribution in [1.29, 1.82) is 0 Å². The molecule has 0 spiro atoms. The Morgan fingerprint density at radius 2 is 1.65 bits per heavy atom. The molecule has 2 aromatic rings. The molecule has 0 aromatic heterocycles. The third kappa shape index (κ3) is 2.80. The van der Waals surface area contributed by atoms with Crippen LogP contribution in [0.2, 0.25) is 0 Å². The van der Waals surface area contributed by atoms with Crippen molar-refractivity contribution in [3.8, 4) is 11.5 Å². The van der Waals surface area contributed by atoms with Crippen LogP contribution < -0.4 is 4.74 Å². The summed E-state index contributed by atoms with van der Waals surface area (Å²) in [5.74, 6) is 1.64. The first-order chi connectivity index (χ1) is 9.76. The highest BCUT2D eigenvalue weighted by Crippen LogP contribution is 2.33. The maximum Gasteiger partial charge on any atom is 0.127 e. The molecule has 0 N–H and O–H groups in total. The van der Waals surface area contributed by atoms with Crippen molar-refractivity contribution in [1.82, 2.24) is 0 Å². The monoisotopic (exact) mass is 328 g/mol. The summed E-state index contributed by atoms with van der Waals surface area (Å²) in [5.41, 5.74) is 1.11. The van der Waals surface area contributed by atoms with E-state index in [-0.39, 0.29) is 4.32 Å². The van der Waals surface area contributed by atoms with Crippen LogP contribution >= 0.6 is 15.9 Å². The van der Waals surface area contributed by atoms with E-state index in [4.69, 9.17) is 4.74 Å². The Bertz CT molecular complexity index is 637. The zero-order valence-electron chi connectivity index (χ0n) is 10.7. The first kappa shape index (κ1) is 13.1. The Morgan fingerprint density at radius 1 is 0.950 bits per heavy atom. The summed E-state index contributed by atoms with van der Waals surface area (Å²) >= 11 is 3.69. The first-order valence-corrected chi connectivity index (χ1v) is 7.11. The van der Waals surface area contributed by atoms with Gasteiger partial charge in [0, 0.05) is 6.21 Å². The molecular weight excluding hydrogens is 316 g/mol. The molecule has 0 bridgehead atoms. The topological polar surface area (TPSA) is 34.0 Å². The van der Waals surface area contributed by atoms with Gasteiger partial charge in [0.2, 0.25) is 0 Å². The molecule has 0 aliphatic carbocycles. The second-order valence-electron chi connectivity index (χ2n) is 4.54. The van der Waals surface area contributed by atoms with Crippen LogP contribution in [0.25, 0.3) is 0 Å². The van der Waals surface area contributed by atoms with Gasteiger partial charge in [0.25, 0.3) is 0 Å². The minimum atomic E-state index is -0.312. The number of aliphatic imine (C=N–C) groups is 2. The van der Waals surface area contributed by atoms with Crippen LogP contribution in [0.5, 0.6) is 11.5 Å². The van der Waals surface area contributed by atoms with Crippen molar-refractivity contribution in [2.24, 2.45) is 9.98 Å². The van der Waals surface area contributed by atoms with Gasteiger partial charge in [-0.05, 0) is 29.8 Å². The molecule has 0 fully saturated rings. The smallest absolute Gasteiger partial charge is 0.127 e. The maximum absolute atomic E-state index is 5.78. The van der Waals surface area contributed by atoms with Crippen LogP contribution in [0.4, 0.5) is 0 Å². The summed E-state index contributed by atoms with van der Waals surface area (Å²) in [4.78, 5) is 8.30. The minimum Gasteiger partial charge on any atom is -0.457 e. The van der Waals surface area contributed by atoms with E-state index in [0.717, 1.165) is 17.1 Å². The van der Waals surface area contributed by atoms with Gasteiger partial charge in [0.1, 0.15) is 22.2 Å². The average Bonchev–Trinajstić information content (AvgIpc) is 2.50. The van der Waals surface area contributed by atoms with Crippen molar-refractivity contribution in [3.63, 3.8) is 0 Å². The fraction of sp³-hybridized carbons (Fsp3) is 0.125. The summed E-state index contributed by atoms with van der Waals surface area (Å²) < 4.78 is 5.46. The van der Waals surface area contributed by atoms with E-state index >= 15 is 0 Å². The van der Waals surface area contributed by atoms with Gasteiger partial charge in [-0.2, -0.15) is 0 Å². The van der Waals surface area contributed by atoms with E-state index in [1.165, 1.54) is 0 Å². The average molecular weight is 329 g/mol. The molecule has 0 radical (unpaired) electrons. The molecular formula is C16H13BrN2O. The van der Waals surface area contributed by atoms with Gasteiger partial charge in [-0.15, -0.1) is 0 Å². The molecule has 1 aliphatic heterocycles. The van der Waals surface area contributed by atoms with Crippen LogP contribution in [0.3, 0.4) is 0 Å². The fourth-order valence-corrected chi connectivity index (χ4v) is 2.53. The van der Waals surface area contributed by atoms with Gasteiger partial charge in [-0.25, -0.2) is 4.99 Å². The molecule has 0 saturated carbocycles. The lowest BCUT2D eigenvalue weighted by atomic mass is 9.99. The van der Waals surface area contributed by atoms with Crippen molar-refractivity contribution >= 4 is 28.5 Å². The number of para-hydroxylation sites is 1. The maximum atomic E-state index is 5.78. The molecule has 4 heteroatoms. The molecule has 0 amide bonds. The quantitative estimate of drug-likeness (QED) is 0.778. The van der Waals surface area contributed by atoms with Crippen molar-refractivity contribution < 1.29 is 4.74 Å². The fourth-order valence-electron chi connectivity index (χ4n) is 2.00. The van der Waals surface area contributed by atoms with Crippen LogP contribution in [0, 0.1) is 0 Å². The van der Waals surface area contributed by atoms with Crippen LogP contribution in [-0.2, 0) is 4.32 Å². The van der Waals surface area contributed by atoms with Crippen LogP contribution in [0.15, 0.2) is 64.6 Å². The van der Waals surface area contributed by atoms with Gasteiger partial charge in [-0.3, -0.25) is 4.99 Å². The number of hydrogen-bond donors (Lipinski definition) is 0. The first-order valence-electron chi connectivity index (χ1n) is 6.31. The Morgan fingerprint density at radius 3 is 2.30 bits per heavy atom. The van der Waals surface area contributed by atoms with Gasteiger partial charge in [-0.1, -0.05) is 46.3 Å². The molecule has 2 aromatic carbocycles. The number of benzene rings is 2. The highest BCUT2D eigenvalue weighted by atomic mass is 79.9. The molecule has 20 heavy (non-hydrogen) atoms. The predicted molar refractivity (Wildman–Crippen MR) is 85.4 cm³/mol. The van der Waals surface area contributed by atoms with E-state index in [1.54, 1.807) is 6.34 Å². The van der Waals surface area contributed by atoms with Gasteiger partial charge >= 0.3 is 0 Å². The largest absolute Gasteiger partial charge is 0.457 e. The van der Waals surface area contributed by atoms with Crippen molar-refractivity contribution in [3.05, 3.63) is 60.2 Å². The Balaban J connectivity index is 1.78. The summed E-state index contributed by atoms with van der Waals surface area (Å²) in [5, 5.41) is 0. The number of nitrogens with zero attached hydrogens (tertiary/aromatic N) is 2. The normalized spacial score (nSPS) is 20.9. The van der Waals surface area contributed by atoms with Gasteiger partial charge in [0.05, 0.1) is 6.54 Å². The van der Waals surface area contributed by atoms with Crippen molar-refractivity contribution in [2.75, 3.05) is 6.54 Å². The lowest BCUT2D eigenvalue weighted by Crippen LogP contribution is -2.26. The number of ether oxygens (including phenoxy) is 1. The van der Waals surface area contributed by atoms with Gasteiger partial charge < -0.3 is 4.74 Å². The van der Waals surface area contributed by atoms with Crippen molar-refractivity contribution in [2.45, 2.75) is 4.32 Å². The summed E-state index contributed by atoms with van der Waals surface area (Å²) in [6.45, 7) is 0.648. The Kier molecular flexibility index (Phi) is 3.65. The molecule has 0 saturated heterocycles. The second-order valence-corrected chi connectivity index (χ2v) is 5.95. The zero-order valence-corrected chi connectivity index (χ0v) is 12.3. The molecule has 3 nitrogen and oxygen atoms in total. The highest BCUT2D eigenvalue weighted by Gasteiger charge is 2.27. The Labute approximate surface area is 126 Å². The zero-order chi connectivity index (χ0) is 13.8. The van der Waals surface area contributed by atoms with Gasteiger partial charge in [0.15, 0.2) is 0 Å². The number of rotatable bonds is 3. The highest BCUT2D eigenvalue weighted by molar-refractivity contribution is 9.10. The third-order valence-electron chi connectivity index (χ3n) is 3.06. The summed E-state index contributed by atoms with van der Waals surface area (Å²) in [7, 11) is 0. The molecule has 1 heterocycles. The molecule has 1 unspecified atom stereocenters. The number of hydrogen-bond acceptors (Lipinski definition) is 3. The van der Waals surface area contributed by atoms with Crippen LogP contribution in [0.1, 0.15) is 5.56 Å². The molecule has 100 valence electrons. The standard InChI is InChI=1S/C16H13BrN2O/c17-16(10-18-12-19-11-16)13-6-8-15(9-7-13)20-14-4-2-1-3-5-14/h1-10,12H,11H2. The summed E-state index contributed by atoms with van der Waals surface area (Å²) in [6, 6.07) is 17.7. The SMILES string of the molecule is BrC1(c2ccc(Oc3ccccc3)cc2)C=NC=NC1. The van der Waals surface area contributed by atoms with E-state index in [0.29, 0.717) is 6.54 Å². The molecule has 1 atom stereocenters. The number of alkyl halides is 1. The van der Waals surface area contributed by atoms with E-state index in [9.17, 15) is 0 Å². The second kappa shape index (κ2) is 5.59. The minimum absolute atomic E-state index is 0.312. The van der Waals surface area contributed by atoms with Crippen LogP contribution in [-0.4, -0.2) is 19.1 Å². The molecule has 3 rings (SSSR count). The number of halogens is 1. The molecule has 1 aliphatic rings. The van der Waals surface area contributed by atoms with E-state index in [1.807, 2.05) is 60.8 Å². The lowest BCUT2D eigenvalue weighted by molar-refractivity contribution is 0.482. The summed E-state index contributed by atoms with van der Waals surface area (Å²) in [6.07, 6.45) is 3.44. The lowest BCUT2D eigenvalue weighted by Gasteiger charge is -2.23. The van der Waals surface area contributed by atoms with E-state index in [2.05, 4.69) is 25.9 Å². The Hall–Kier alpha value is -1.94. The predicted octanol–water partition coefficient (Wildman–Crippen LogP) is 4.18. The van der Waals surface area contributed by atoms with E-state index < -0.39 is 0 Å². The third-order valence-corrected chi connectivity index (χ3v) is 3.98.